The average Bonchev–Trinajstić information content (AvgIpc) is 2.67. The zero-order valence-electron chi connectivity index (χ0n) is 9.76. The molecule has 1 aromatic heterocycles. The molecule has 1 N–H and O–H groups in total. The first-order valence-corrected chi connectivity index (χ1v) is 6.11. The van der Waals surface area contributed by atoms with Gasteiger partial charge < -0.3 is 10.2 Å². The maximum Gasteiger partial charge on any atom is 0.225 e. The Hall–Kier alpha value is -1.68. The van der Waals surface area contributed by atoms with E-state index in [1.807, 2.05) is 30.5 Å². The van der Waals surface area contributed by atoms with Crippen LogP contribution in [0.1, 0.15) is 6.42 Å². The Bertz CT molecular complexity index is 504. The molecule has 4 nitrogen and oxygen atoms in total. The number of hydrogen-bond donors (Lipinski definition) is 1. The number of anilines is 1. The lowest BCUT2D eigenvalue weighted by molar-refractivity contribution is 0.724. The van der Waals surface area contributed by atoms with Crippen molar-refractivity contribution in [2.45, 2.75) is 6.42 Å². The molecule has 0 radical (unpaired) electrons. The average molecular weight is 228 g/mol. The number of nitrogens with zero attached hydrogens (tertiary/aromatic N) is 3. The third-order valence-corrected chi connectivity index (χ3v) is 3.10. The third-order valence-electron chi connectivity index (χ3n) is 3.10. The van der Waals surface area contributed by atoms with E-state index in [2.05, 4.69) is 20.2 Å². The summed E-state index contributed by atoms with van der Waals surface area (Å²) in [5.41, 5.74) is 1.02. The second-order valence-corrected chi connectivity index (χ2v) is 4.32. The van der Waals surface area contributed by atoms with Gasteiger partial charge in [-0.25, -0.2) is 9.97 Å². The molecule has 17 heavy (non-hydrogen) atoms. The van der Waals surface area contributed by atoms with Crippen molar-refractivity contribution in [3.63, 3.8) is 0 Å². The molecule has 2 aromatic rings. The van der Waals surface area contributed by atoms with Crippen LogP contribution in [0.3, 0.4) is 0 Å². The SMILES string of the molecule is c1ccc2nc(N3CCCNCC3)ncc2c1. The fourth-order valence-electron chi connectivity index (χ4n) is 2.16. The first kappa shape index (κ1) is 10.5. The Morgan fingerprint density at radius 2 is 2.06 bits per heavy atom. The Kier molecular flexibility index (Phi) is 2.88. The normalized spacial score (nSPS) is 17.1. The molecule has 0 amide bonds. The van der Waals surface area contributed by atoms with E-state index < -0.39 is 0 Å². The lowest BCUT2D eigenvalue weighted by Gasteiger charge is -2.19. The van der Waals surface area contributed by atoms with Crippen molar-refractivity contribution in [2.24, 2.45) is 0 Å². The van der Waals surface area contributed by atoms with Crippen molar-refractivity contribution in [2.75, 3.05) is 31.1 Å². The van der Waals surface area contributed by atoms with Gasteiger partial charge in [0.1, 0.15) is 0 Å². The van der Waals surface area contributed by atoms with Gasteiger partial charge in [0.2, 0.25) is 5.95 Å². The van der Waals surface area contributed by atoms with Crippen LogP contribution in [0.5, 0.6) is 0 Å². The molecule has 2 heterocycles. The molecule has 0 atom stereocenters. The molecule has 0 unspecified atom stereocenters. The van der Waals surface area contributed by atoms with Crippen LogP contribution in [0.2, 0.25) is 0 Å². The molecule has 1 saturated heterocycles. The number of fused-ring (bicyclic) bond motifs is 1. The fraction of sp³-hybridized carbons (Fsp3) is 0.385. The van der Waals surface area contributed by atoms with Crippen LogP contribution in [0, 0.1) is 0 Å². The van der Waals surface area contributed by atoms with E-state index in [4.69, 9.17) is 0 Å². The maximum absolute atomic E-state index is 4.63. The summed E-state index contributed by atoms with van der Waals surface area (Å²) in [7, 11) is 0. The topological polar surface area (TPSA) is 41.1 Å². The number of benzene rings is 1. The lowest BCUT2D eigenvalue weighted by Crippen LogP contribution is -2.29. The molecule has 1 aliphatic heterocycles. The lowest BCUT2D eigenvalue weighted by atomic mass is 10.2. The highest BCUT2D eigenvalue weighted by atomic mass is 15.3. The van der Waals surface area contributed by atoms with Crippen molar-refractivity contribution < 1.29 is 0 Å². The van der Waals surface area contributed by atoms with Crippen LogP contribution in [0.25, 0.3) is 10.9 Å². The summed E-state index contributed by atoms with van der Waals surface area (Å²) in [6, 6.07) is 8.12. The smallest absolute Gasteiger partial charge is 0.225 e. The van der Waals surface area contributed by atoms with Gasteiger partial charge in [0.15, 0.2) is 0 Å². The van der Waals surface area contributed by atoms with Gasteiger partial charge in [-0.3, -0.25) is 0 Å². The zero-order valence-corrected chi connectivity index (χ0v) is 9.76. The van der Waals surface area contributed by atoms with Crippen LogP contribution in [0.15, 0.2) is 30.5 Å². The zero-order chi connectivity index (χ0) is 11.5. The minimum Gasteiger partial charge on any atom is -0.339 e. The standard InChI is InChI=1S/C13H16N4/c1-2-5-12-11(4-1)10-15-13(16-12)17-8-3-6-14-7-9-17/h1-2,4-5,10,14H,3,6-9H2. The molecule has 0 bridgehead atoms. The molecule has 1 aliphatic rings. The van der Waals surface area contributed by atoms with Crippen molar-refractivity contribution >= 4 is 16.9 Å². The Morgan fingerprint density at radius 3 is 3.06 bits per heavy atom. The van der Waals surface area contributed by atoms with E-state index in [0.29, 0.717) is 0 Å². The number of para-hydroxylation sites is 1. The number of hydrogen-bond acceptors (Lipinski definition) is 4. The number of rotatable bonds is 1. The summed E-state index contributed by atoms with van der Waals surface area (Å²) in [5.74, 6) is 0.854. The first-order valence-electron chi connectivity index (χ1n) is 6.11. The summed E-state index contributed by atoms with van der Waals surface area (Å²) in [6.07, 6.45) is 3.06. The van der Waals surface area contributed by atoms with Crippen LogP contribution in [-0.2, 0) is 0 Å². The predicted octanol–water partition coefficient (Wildman–Crippen LogP) is 1.43. The fourth-order valence-corrected chi connectivity index (χ4v) is 2.16. The van der Waals surface area contributed by atoms with Crippen molar-refractivity contribution in [3.05, 3.63) is 30.5 Å². The van der Waals surface area contributed by atoms with Gasteiger partial charge >= 0.3 is 0 Å². The summed E-state index contributed by atoms with van der Waals surface area (Å²) < 4.78 is 0. The van der Waals surface area contributed by atoms with E-state index >= 15 is 0 Å². The monoisotopic (exact) mass is 228 g/mol. The maximum atomic E-state index is 4.63. The molecule has 1 aromatic carbocycles. The molecule has 88 valence electrons. The quantitative estimate of drug-likeness (QED) is 0.801. The van der Waals surface area contributed by atoms with E-state index in [0.717, 1.165) is 49.5 Å². The largest absolute Gasteiger partial charge is 0.339 e. The summed E-state index contributed by atoms with van der Waals surface area (Å²) in [4.78, 5) is 11.3. The van der Waals surface area contributed by atoms with Gasteiger partial charge in [-0.15, -0.1) is 0 Å². The highest BCUT2D eigenvalue weighted by Gasteiger charge is 2.11. The molecule has 0 spiro atoms. The van der Waals surface area contributed by atoms with Gasteiger partial charge in [0.25, 0.3) is 0 Å². The van der Waals surface area contributed by atoms with Gasteiger partial charge in [0, 0.05) is 31.2 Å². The Balaban J connectivity index is 1.93. The highest BCUT2D eigenvalue weighted by Crippen LogP contribution is 2.15. The second-order valence-electron chi connectivity index (χ2n) is 4.32. The van der Waals surface area contributed by atoms with Gasteiger partial charge in [-0.2, -0.15) is 0 Å². The number of aromatic nitrogens is 2. The number of nitrogens with one attached hydrogen (secondary N) is 1. The summed E-state index contributed by atoms with van der Waals surface area (Å²) >= 11 is 0. The molecule has 0 saturated carbocycles. The van der Waals surface area contributed by atoms with Crippen LogP contribution >= 0.6 is 0 Å². The van der Waals surface area contributed by atoms with Gasteiger partial charge in [-0.1, -0.05) is 18.2 Å². The summed E-state index contributed by atoms with van der Waals surface area (Å²) in [5, 5.41) is 4.49. The summed E-state index contributed by atoms with van der Waals surface area (Å²) in [6.45, 7) is 4.12. The Labute approximate surface area is 101 Å². The molecule has 1 fully saturated rings. The molecule has 0 aliphatic carbocycles. The van der Waals surface area contributed by atoms with Crippen LogP contribution in [-0.4, -0.2) is 36.1 Å². The minimum atomic E-state index is 0.854. The minimum absolute atomic E-state index is 0.854. The Morgan fingerprint density at radius 1 is 1.12 bits per heavy atom. The van der Waals surface area contributed by atoms with Crippen molar-refractivity contribution in [3.8, 4) is 0 Å². The molecule has 4 heteroatoms. The third kappa shape index (κ3) is 2.22. The highest BCUT2D eigenvalue weighted by molar-refractivity contribution is 5.78. The van der Waals surface area contributed by atoms with E-state index in [-0.39, 0.29) is 0 Å². The van der Waals surface area contributed by atoms with Gasteiger partial charge in [-0.05, 0) is 19.0 Å². The van der Waals surface area contributed by atoms with E-state index in [1.165, 1.54) is 0 Å². The first-order chi connectivity index (χ1) is 8.43. The second kappa shape index (κ2) is 4.67. The van der Waals surface area contributed by atoms with Crippen molar-refractivity contribution in [1.29, 1.82) is 0 Å². The van der Waals surface area contributed by atoms with Crippen LogP contribution in [0.4, 0.5) is 5.95 Å². The molecular formula is C13H16N4. The molecule has 3 rings (SSSR count). The van der Waals surface area contributed by atoms with Crippen LogP contribution < -0.4 is 10.2 Å². The van der Waals surface area contributed by atoms with Gasteiger partial charge in [0.05, 0.1) is 5.52 Å². The van der Waals surface area contributed by atoms with E-state index in [1.54, 1.807) is 0 Å². The van der Waals surface area contributed by atoms with E-state index in [9.17, 15) is 0 Å². The molecular weight excluding hydrogens is 212 g/mol. The van der Waals surface area contributed by atoms with Crippen molar-refractivity contribution in [1.82, 2.24) is 15.3 Å². The predicted molar refractivity (Wildman–Crippen MR) is 69.2 cm³/mol.